The number of ether oxygens (including phenoxy) is 2. The Morgan fingerprint density at radius 3 is 1.86 bits per heavy atom. The smallest absolute Gasteiger partial charge is 0.346 e. The molecule has 1 amide bonds. The molecule has 1 fully saturated rings. The molecular weight excluding hydrogens is 773 g/mol. The first-order valence-electron chi connectivity index (χ1n) is 22.0. The maximum absolute atomic E-state index is 14.1. The molecule has 0 saturated heterocycles. The Morgan fingerprint density at radius 2 is 1.36 bits per heavy atom. The predicted octanol–water partition coefficient (Wildman–Crippen LogP) is 13.0. The topological polar surface area (TPSA) is 119 Å². The molecule has 0 spiro atoms. The van der Waals surface area contributed by atoms with Crippen LogP contribution in [0, 0.1) is 24.3 Å². The van der Waals surface area contributed by atoms with E-state index < -0.39 is 17.4 Å². The Labute approximate surface area is 356 Å². The van der Waals surface area contributed by atoms with E-state index in [1.165, 1.54) is 100 Å². The minimum atomic E-state index is -1.18. The summed E-state index contributed by atoms with van der Waals surface area (Å²) < 4.78 is 13.2. The third kappa shape index (κ3) is 12.5. The van der Waals surface area contributed by atoms with Gasteiger partial charge >= 0.3 is 11.9 Å². The number of aromatic nitrogens is 3. The van der Waals surface area contributed by atoms with Crippen LogP contribution in [0.1, 0.15) is 190 Å². The lowest BCUT2D eigenvalue weighted by molar-refractivity contribution is -0.125. The fourth-order valence-electron chi connectivity index (χ4n) is 8.40. The number of fused-ring (bicyclic) bond motifs is 1. The number of benzene rings is 1. The highest BCUT2D eigenvalue weighted by molar-refractivity contribution is 6.39. The van der Waals surface area contributed by atoms with Crippen LogP contribution in [0.5, 0.6) is 5.88 Å². The second-order valence-corrected chi connectivity index (χ2v) is 17.9. The summed E-state index contributed by atoms with van der Waals surface area (Å²) >= 11 is 12.7. The molecule has 1 aliphatic carbocycles. The van der Waals surface area contributed by atoms with Crippen molar-refractivity contribution in [2.45, 2.75) is 175 Å². The Kier molecular flexibility index (Phi) is 18.9. The molecule has 2 unspecified atom stereocenters. The van der Waals surface area contributed by atoms with E-state index in [0.29, 0.717) is 12.5 Å². The molecule has 10 nitrogen and oxygen atoms in total. The third-order valence-corrected chi connectivity index (χ3v) is 12.6. The van der Waals surface area contributed by atoms with E-state index in [9.17, 15) is 14.4 Å². The monoisotopic (exact) mass is 839 g/mol. The van der Waals surface area contributed by atoms with Crippen molar-refractivity contribution in [3.63, 3.8) is 0 Å². The molecule has 2 N–H and O–H groups in total. The summed E-state index contributed by atoms with van der Waals surface area (Å²) in [7, 11) is 0. The molecular formula is C46H67Cl2N5O5. The summed E-state index contributed by atoms with van der Waals surface area (Å²) in [6, 6.07) is 4.60. The van der Waals surface area contributed by atoms with Crippen LogP contribution in [0.3, 0.4) is 0 Å². The van der Waals surface area contributed by atoms with Crippen molar-refractivity contribution in [2.75, 3.05) is 6.54 Å². The van der Waals surface area contributed by atoms with Gasteiger partial charge in [0.1, 0.15) is 22.9 Å². The number of halogens is 2. The van der Waals surface area contributed by atoms with Gasteiger partial charge in [0.05, 0.1) is 22.2 Å². The van der Waals surface area contributed by atoms with E-state index in [2.05, 4.69) is 43.0 Å². The number of carbonyl (C=O) groups is 3. The quantitative estimate of drug-likeness (QED) is 0.0527. The zero-order valence-electron chi connectivity index (χ0n) is 35.8. The predicted molar refractivity (Wildman–Crippen MR) is 233 cm³/mol. The molecule has 2 atom stereocenters. The summed E-state index contributed by atoms with van der Waals surface area (Å²) in [5.41, 5.74) is -1.65. The first kappa shape index (κ1) is 47.1. The Balaban J connectivity index is 1.39. The molecule has 0 bridgehead atoms. The SMILES string of the molecule is [C-]#[N+]c1c(C(=O)OC2C(C)CC(CC)CC2C)c2nc(C(C)(C)C(=O)NCCCCCCCCCCCCCCCCCC)[nH]n2c1OC(=O)c1c(Cl)cccc1Cl. The highest BCUT2D eigenvalue weighted by atomic mass is 35.5. The maximum atomic E-state index is 14.1. The summed E-state index contributed by atoms with van der Waals surface area (Å²) in [4.78, 5) is 49.6. The minimum Gasteiger partial charge on any atom is -0.459 e. The second-order valence-electron chi connectivity index (χ2n) is 17.1. The van der Waals surface area contributed by atoms with E-state index in [-0.39, 0.29) is 68.1 Å². The average molecular weight is 841 g/mol. The summed E-state index contributed by atoms with van der Waals surface area (Å²) in [5.74, 6) is -1.22. The molecule has 320 valence electrons. The van der Waals surface area contributed by atoms with E-state index >= 15 is 0 Å². The zero-order valence-corrected chi connectivity index (χ0v) is 37.3. The highest BCUT2D eigenvalue weighted by Gasteiger charge is 2.40. The normalized spacial score (nSPS) is 18.3. The van der Waals surface area contributed by atoms with E-state index in [4.69, 9.17) is 44.2 Å². The molecule has 1 saturated carbocycles. The van der Waals surface area contributed by atoms with Gasteiger partial charge in [0, 0.05) is 6.54 Å². The Hall–Kier alpha value is -3.55. The van der Waals surface area contributed by atoms with E-state index in [1.54, 1.807) is 19.9 Å². The van der Waals surface area contributed by atoms with Gasteiger partial charge < -0.3 is 14.8 Å². The maximum Gasteiger partial charge on any atom is 0.346 e. The molecule has 58 heavy (non-hydrogen) atoms. The number of amides is 1. The highest BCUT2D eigenvalue weighted by Crippen LogP contribution is 2.42. The first-order chi connectivity index (χ1) is 27.8. The van der Waals surface area contributed by atoms with Gasteiger partial charge in [-0.1, -0.05) is 160 Å². The number of H-pyrrole nitrogens is 1. The number of hydrogen-bond donors (Lipinski definition) is 2. The number of hydrogen-bond acceptors (Lipinski definition) is 6. The van der Waals surface area contributed by atoms with Crippen LogP contribution in [-0.2, 0) is 14.9 Å². The molecule has 1 aliphatic rings. The van der Waals surface area contributed by atoms with Crippen molar-refractivity contribution in [2.24, 2.45) is 17.8 Å². The van der Waals surface area contributed by atoms with Crippen molar-refractivity contribution in [3.05, 3.63) is 56.6 Å². The van der Waals surface area contributed by atoms with Gasteiger partial charge in [-0.3, -0.25) is 9.89 Å². The molecule has 1 aromatic carbocycles. The first-order valence-corrected chi connectivity index (χ1v) is 22.8. The van der Waals surface area contributed by atoms with Crippen molar-refractivity contribution < 1.29 is 23.9 Å². The summed E-state index contributed by atoms with van der Waals surface area (Å²) in [6.45, 7) is 20.7. The van der Waals surface area contributed by atoms with Gasteiger partial charge in [0.15, 0.2) is 5.65 Å². The number of nitrogens with one attached hydrogen (secondary N) is 2. The van der Waals surface area contributed by atoms with Crippen LogP contribution >= 0.6 is 23.2 Å². The number of carbonyl (C=O) groups excluding carboxylic acids is 3. The van der Waals surface area contributed by atoms with Crippen LogP contribution < -0.4 is 10.1 Å². The molecule has 12 heteroatoms. The number of rotatable bonds is 24. The van der Waals surface area contributed by atoms with Crippen LogP contribution in [0.25, 0.3) is 10.5 Å². The number of unbranched alkanes of at least 4 members (excludes halogenated alkanes) is 15. The van der Waals surface area contributed by atoms with Crippen LogP contribution in [-0.4, -0.2) is 45.1 Å². The zero-order chi connectivity index (χ0) is 42.2. The van der Waals surface area contributed by atoms with Crippen molar-refractivity contribution in [3.8, 4) is 5.88 Å². The van der Waals surface area contributed by atoms with Gasteiger partial charge in [-0.25, -0.2) is 23.9 Å². The summed E-state index contributed by atoms with van der Waals surface area (Å²) in [5, 5.41) is 6.25. The lowest BCUT2D eigenvalue weighted by Crippen LogP contribution is -2.41. The minimum absolute atomic E-state index is 0.0142. The number of esters is 2. The van der Waals surface area contributed by atoms with Crippen LogP contribution in [0.4, 0.5) is 5.69 Å². The fraction of sp³-hybridized carbons (Fsp3) is 0.674. The standard InChI is InChI=1S/C46H67Cl2N5O5/c1-8-10-11-12-13-14-15-16-17-18-19-20-21-22-23-24-28-50-45(56)46(5,6)44-51-40-37(43(55)57-39-31(3)29-33(9-2)30-32(39)4)38(49-7)41(53(40)52-44)58-42(54)36-34(47)26-25-27-35(36)48/h25-27,31-33,39H,8-24,28-30H2,1-6H3,(H,50,56)(H,51,52). The van der Waals surface area contributed by atoms with Gasteiger partial charge in [-0.05, 0) is 63.0 Å². The molecule has 2 aromatic heterocycles. The van der Waals surface area contributed by atoms with Crippen molar-refractivity contribution in [1.29, 1.82) is 0 Å². The molecule has 0 radical (unpaired) electrons. The number of nitrogens with zero attached hydrogens (tertiary/aromatic N) is 3. The van der Waals surface area contributed by atoms with Gasteiger partial charge in [0.25, 0.3) is 5.69 Å². The molecule has 4 rings (SSSR count). The van der Waals surface area contributed by atoms with Gasteiger partial charge in [-0.15, -0.1) is 0 Å². The van der Waals surface area contributed by atoms with Crippen LogP contribution in [0.2, 0.25) is 10.0 Å². The Bertz CT molecular complexity index is 1810. The second kappa shape index (κ2) is 23.3. The van der Waals surface area contributed by atoms with Crippen LogP contribution in [0.15, 0.2) is 18.2 Å². The third-order valence-electron chi connectivity index (χ3n) is 12.0. The molecule has 2 heterocycles. The lowest BCUT2D eigenvalue weighted by atomic mass is 9.73. The summed E-state index contributed by atoms with van der Waals surface area (Å²) in [6.07, 6.45) is 23.0. The Morgan fingerprint density at radius 1 is 0.845 bits per heavy atom. The average Bonchev–Trinajstić information content (AvgIpc) is 3.75. The molecule has 3 aromatic rings. The lowest BCUT2D eigenvalue weighted by Gasteiger charge is -2.38. The van der Waals surface area contributed by atoms with E-state index in [0.717, 1.165) is 38.5 Å². The fourth-order valence-corrected chi connectivity index (χ4v) is 8.95. The van der Waals surface area contributed by atoms with Crippen molar-refractivity contribution in [1.82, 2.24) is 19.9 Å². The number of aromatic amines is 1. The van der Waals surface area contributed by atoms with Gasteiger partial charge in [-0.2, -0.15) is 0 Å². The van der Waals surface area contributed by atoms with Crippen molar-refractivity contribution >= 4 is 52.4 Å². The largest absolute Gasteiger partial charge is 0.459 e. The van der Waals surface area contributed by atoms with E-state index in [1.807, 2.05) is 0 Å². The van der Waals surface area contributed by atoms with Gasteiger partial charge in [0.2, 0.25) is 11.8 Å². The molecule has 0 aliphatic heterocycles.